The lowest BCUT2D eigenvalue weighted by molar-refractivity contribution is -0.344. The zero-order chi connectivity index (χ0) is 28.7. The van der Waals surface area contributed by atoms with Crippen molar-refractivity contribution >= 4 is 23.5 Å². The molecule has 4 aliphatic rings. The van der Waals surface area contributed by atoms with E-state index in [0.717, 1.165) is 0 Å². The molecule has 10 nitrogen and oxygen atoms in total. The maximum atomic E-state index is 14.3. The third-order valence-corrected chi connectivity index (χ3v) is 9.77. The van der Waals surface area contributed by atoms with Gasteiger partial charge in [-0.2, -0.15) is 0 Å². The summed E-state index contributed by atoms with van der Waals surface area (Å²) >= 11 is 0. The zero-order valence-corrected chi connectivity index (χ0v) is 22.6. The molecule has 0 unspecified atom stereocenters. The maximum absolute atomic E-state index is 14.3. The molecule has 1 aliphatic heterocycles. The van der Waals surface area contributed by atoms with Gasteiger partial charge in [-0.05, 0) is 37.1 Å². The fourth-order valence-electron chi connectivity index (χ4n) is 7.48. The van der Waals surface area contributed by atoms with Gasteiger partial charge >= 0.3 is 11.9 Å². The topological polar surface area (TPSA) is 157 Å². The number of carbonyl (C=O) groups is 4. The summed E-state index contributed by atoms with van der Waals surface area (Å²) in [5.74, 6) is -4.26. The molecule has 0 amide bonds. The highest BCUT2D eigenvalue weighted by atomic mass is 16.6. The average Bonchev–Trinajstić information content (AvgIpc) is 2.87. The van der Waals surface area contributed by atoms with Gasteiger partial charge in [0, 0.05) is 25.2 Å². The van der Waals surface area contributed by atoms with Crippen LogP contribution in [-0.4, -0.2) is 81.0 Å². The van der Waals surface area contributed by atoms with Crippen molar-refractivity contribution in [2.24, 2.45) is 16.7 Å². The summed E-state index contributed by atoms with van der Waals surface area (Å²) in [7, 11) is 0. The number of benzene rings is 1. The van der Waals surface area contributed by atoms with Crippen molar-refractivity contribution in [2.45, 2.75) is 83.1 Å². The standard InChI is InChI=1S/C29H34O10/c1-14-17(31)12-29(36)24(38-25(35)16-9-7-6-8-10-16)22-27(5,23(34)21(33)20(14)26(29,3)4)18(32)11-19-28(22,13-37-19)39-15(2)30/h6-10,18-19,21-22,24,32-33,36H,11-13H2,1-5H3/t18-,19+,21+,22-,24-,27+,28-,29+/m0/s1. The first-order chi connectivity index (χ1) is 18.1. The molecule has 0 spiro atoms. The van der Waals surface area contributed by atoms with Gasteiger partial charge in [0.05, 0.1) is 29.6 Å². The van der Waals surface area contributed by atoms with Crippen molar-refractivity contribution in [3.63, 3.8) is 0 Å². The number of hydrogen-bond donors (Lipinski definition) is 3. The number of ketones is 2. The Labute approximate surface area is 225 Å². The van der Waals surface area contributed by atoms with Crippen molar-refractivity contribution in [1.82, 2.24) is 0 Å². The Hall–Kier alpha value is -2.92. The minimum absolute atomic E-state index is 0.00686. The molecule has 3 fully saturated rings. The van der Waals surface area contributed by atoms with Crippen LogP contribution >= 0.6 is 0 Å². The SMILES string of the molecule is CC(=O)O[C@@]12CO[C@@H]1C[C@H](O)[C@@]1(C)C(=O)[C@H](O)C3=C(C)C(=O)C[C@@](O)([C@@H](OC(=O)c4ccccc4)[C@H]21)C3(C)C. The van der Waals surface area contributed by atoms with Crippen molar-refractivity contribution in [3.05, 3.63) is 47.0 Å². The highest BCUT2D eigenvalue weighted by Crippen LogP contribution is 2.63. The van der Waals surface area contributed by atoms with E-state index in [1.807, 2.05) is 0 Å². The van der Waals surface area contributed by atoms with Crippen LogP contribution in [0.15, 0.2) is 41.5 Å². The summed E-state index contributed by atoms with van der Waals surface area (Å²) in [6.07, 6.45) is -6.37. The quantitative estimate of drug-likeness (QED) is 0.476. The summed E-state index contributed by atoms with van der Waals surface area (Å²) in [4.78, 5) is 53.5. The van der Waals surface area contributed by atoms with E-state index in [2.05, 4.69) is 0 Å². The minimum Gasteiger partial charge on any atom is -0.455 e. The lowest BCUT2D eigenvalue weighted by Crippen LogP contribution is -2.81. The lowest BCUT2D eigenvalue weighted by atomic mass is 9.45. The van der Waals surface area contributed by atoms with Crippen LogP contribution in [0.2, 0.25) is 0 Å². The van der Waals surface area contributed by atoms with Gasteiger partial charge in [-0.1, -0.05) is 32.0 Å². The van der Waals surface area contributed by atoms with Crippen molar-refractivity contribution in [2.75, 3.05) is 6.61 Å². The van der Waals surface area contributed by atoms with Gasteiger partial charge in [0.2, 0.25) is 0 Å². The van der Waals surface area contributed by atoms with Crippen LogP contribution in [0.5, 0.6) is 0 Å². The molecule has 5 rings (SSSR count). The number of carbonyl (C=O) groups excluding carboxylic acids is 4. The first-order valence-electron chi connectivity index (χ1n) is 13.1. The molecule has 2 bridgehead atoms. The molecule has 0 aromatic heterocycles. The van der Waals surface area contributed by atoms with Crippen LogP contribution in [0, 0.1) is 16.7 Å². The first kappa shape index (κ1) is 27.6. The smallest absolute Gasteiger partial charge is 0.338 e. The van der Waals surface area contributed by atoms with Crippen LogP contribution < -0.4 is 0 Å². The number of hydrogen-bond acceptors (Lipinski definition) is 10. The Morgan fingerprint density at radius 2 is 1.72 bits per heavy atom. The number of aliphatic hydroxyl groups is 3. The maximum Gasteiger partial charge on any atom is 0.338 e. The van der Waals surface area contributed by atoms with Crippen LogP contribution in [0.3, 0.4) is 0 Å². The van der Waals surface area contributed by atoms with Crippen LogP contribution in [0.1, 0.15) is 57.8 Å². The average molecular weight is 543 g/mol. The predicted molar refractivity (Wildman–Crippen MR) is 134 cm³/mol. The van der Waals surface area contributed by atoms with Gasteiger partial charge in [-0.3, -0.25) is 14.4 Å². The Bertz CT molecular complexity index is 1280. The van der Waals surface area contributed by atoms with E-state index < -0.39 is 82.3 Å². The monoisotopic (exact) mass is 542 g/mol. The fraction of sp³-hybridized carbons (Fsp3) is 0.586. The van der Waals surface area contributed by atoms with Gasteiger partial charge in [-0.15, -0.1) is 0 Å². The van der Waals surface area contributed by atoms with Crippen molar-refractivity contribution < 1.29 is 48.7 Å². The second-order valence-corrected chi connectivity index (χ2v) is 12.0. The van der Waals surface area contributed by atoms with Gasteiger partial charge in [0.15, 0.2) is 17.2 Å². The normalized spacial score (nSPS) is 40.9. The summed E-state index contributed by atoms with van der Waals surface area (Å²) in [6, 6.07) is 8.01. The van der Waals surface area contributed by atoms with E-state index in [1.165, 1.54) is 32.9 Å². The molecule has 3 N–H and O–H groups in total. The first-order valence-corrected chi connectivity index (χ1v) is 13.1. The lowest BCUT2D eigenvalue weighted by Gasteiger charge is -2.67. The van der Waals surface area contributed by atoms with Gasteiger partial charge in [-0.25, -0.2) is 4.79 Å². The van der Waals surface area contributed by atoms with E-state index >= 15 is 0 Å². The molecule has 210 valence electrons. The molecule has 10 heteroatoms. The number of allylic oxidation sites excluding steroid dienone is 1. The third kappa shape index (κ3) is 3.54. The summed E-state index contributed by atoms with van der Waals surface area (Å²) in [6.45, 7) is 7.05. The molecule has 1 aromatic carbocycles. The van der Waals surface area contributed by atoms with Gasteiger partial charge in [0.25, 0.3) is 0 Å². The number of Topliss-reactive ketones (excluding diaryl/α,β-unsaturated/α-hetero) is 2. The summed E-state index contributed by atoms with van der Waals surface area (Å²) < 4.78 is 17.6. The summed E-state index contributed by atoms with van der Waals surface area (Å²) in [5, 5.41) is 35.5. The molecule has 1 heterocycles. The Morgan fingerprint density at radius 1 is 1.08 bits per heavy atom. The molecular formula is C29H34O10. The Kier molecular flexibility index (Phi) is 6.23. The zero-order valence-electron chi connectivity index (χ0n) is 22.6. The fourth-order valence-corrected chi connectivity index (χ4v) is 7.48. The van der Waals surface area contributed by atoms with E-state index in [4.69, 9.17) is 14.2 Å². The highest BCUT2D eigenvalue weighted by molar-refractivity contribution is 6.02. The number of ether oxygens (including phenoxy) is 3. The highest BCUT2D eigenvalue weighted by Gasteiger charge is 2.77. The second kappa shape index (κ2) is 8.79. The van der Waals surface area contributed by atoms with E-state index in [1.54, 1.807) is 32.0 Å². The van der Waals surface area contributed by atoms with E-state index in [-0.39, 0.29) is 29.7 Å². The van der Waals surface area contributed by atoms with Crippen molar-refractivity contribution in [3.8, 4) is 0 Å². The second-order valence-electron chi connectivity index (χ2n) is 12.0. The van der Waals surface area contributed by atoms with Gasteiger partial charge < -0.3 is 29.5 Å². The summed E-state index contributed by atoms with van der Waals surface area (Å²) in [5.41, 5.74) is -6.78. The van der Waals surface area contributed by atoms with E-state index in [9.17, 15) is 34.5 Å². The third-order valence-electron chi connectivity index (χ3n) is 9.77. The van der Waals surface area contributed by atoms with Crippen LogP contribution in [-0.2, 0) is 28.6 Å². The largest absolute Gasteiger partial charge is 0.455 e. The van der Waals surface area contributed by atoms with E-state index in [0.29, 0.717) is 0 Å². The Balaban J connectivity index is 1.82. The van der Waals surface area contributed by atoms with Crippen LogP contribution in [0.25, 0.3) is 0 Å². The molecule has 0 radical (unpaired) electrons. The van der Waals surface area contributed by atoms with Crippen molar-refractivity contribution in [1.29, 1.82) is 0 Å². The van der Waals surface area contributed by atoms with Gasteiger partial charge in [0.1, 0.15) is 23.9 Å². The molecule has 3 aliphatic carbocycles. The number of rotatable bonds is 3. The van der Waals surface area contributed by atoms with Crippen LogP contribution in [0.4, 0.5) is 0 Å². The molecule has 2 saturated carbocycles. The number of fused-ring (bicyclic) bond motifs is 5. The minimum atomic E-state index is -2.17. The Morgan fingerprint density at radius 3 is 2.28 bits per heavy atom. The number of esters is 2. The predicted octanol–water partition coefficient (Wildman–Crippen LogP) is 1.29. The molecule has 1 saturated heterocycles. The molecule has 39 heavy (non-hydrogen) atoms. The molecular weight excluding hydrogens is 508 g/mol. The molecule has 8 atom stereocenters. The molecule has 1 aromatic rings. The number of aliphatic hydroxyl groups excluding tert-OH is 2.